The number of H-pyrrole nitrogens is 1. The van der Waals surface area contributed by atoms with Crippen LogP contribution in [0.2, 0.25) is 0 Å². The van der Waals surface area contributed by atoms with Gasteiger partial charge in [0.25, 0.3) is 0 Å². The summed E-state index contributed by atoms with van der Waals surface area (Å²) in [6.45, 7) is 0. The Kier molecular flexibility index (Phi) is 4.66. The number of nitrogens with one attached hydrogen (secondary N) is 1. The number of aromatic amines is 1. The molecule has 1 aromatic heterocycles. The molecule has 0 saturated carbocycles. The summed E-state index contributed by atoms with van der Waals surface area (Å²) in [5.41, 5.74) is 2.22. The zero-order chi connectivity index (χ0) is 9.80. The van der Waals surface area contributed by atoms with Gasteiger partial charge in [0.15, 0.2) is 0 Å². The predicted molar refractivity (Wildman–Crippen MR) is 64.6 cm³/mol. The molecule has 0 saturated heterocycles. The van der Waals surface area contributed by atoms with E-state index in [-0.39, 0.29) is 12.4 Å². The molecule has 1 N–H and O–H groups in total. The summed E-state index contributed by atoms with van der Waals surface area (Å²) in [7, 11) is 0. The van der Waals surface area contributed by atoms with E-state index in [1.54, 1.807) is 6.20 Å². The molecular weight excluding hydrogens is 231 g/mol. The monoisotopic (exact) mass is 242 g/mol. The number of halogens is 2. The Morgan fingerprint density at radius 2 is 1.93 bits per heavy atom. The summed E-state index contributed by atoms with van der Waals surface area (Å²) in [5.74, 6) is 1.45. The summed E-state index contributed by atoms with van der Waals surface area (Å²) in [4.78, 5) is 7.41. The fourth-order valence-electron chi connectivity index (χ4n) is 1.35. The molecule has 4 heteroatoms. The quantitative estimate of drug-likeness (QED) is 0.824. The predicted octanol–water partition coefficient (Wildman–Crippen LogP) is 3.16. The highest BCUT2D eigenvalue weighted by Crippen LogP contribution is 2.07. The molecule has 0 radical (unpaired) electrons. The number of nitrogens with zero attached hydrogens (tertiary/aromatic N) is 1. The normalized spacial score (nSPS) is 9.67. The topological polar surface area (TPSA) is 28.7 Å². The first-order valence-electron chi connectivity index (χ1n) is 4.51. The highest BCUT2D eigenvalue weighted by Gasteiger charge is 2.00. The van der Waals surface area contributed by atoms with Gasteiger partial charge in [-0.3, -0.25) is 0 Å². The lowest BCUT2D eigenvalue weighted by Gasteiger charge is -1.96. The number of aromatic nitrogens is 2. The van der Waals surface area contributed by atoms with E-state index < -0.39 is 0 Å². The van der Waals surface area contributed by atoms with E-state index in [0.717, 1.165) is 17.9 Å². The van der Waals surface area contributed by atoms with Gasteiger partial charge in [0.05, 0.1) is 5.88 Å². The van der Waals surface area contributed by atoms with E-state index in [9.17, 15) is 0 Å². The van der Waals surface area contributed by atoms with E-state index >= 15 is 0 Å². The van der Waals surface area contributed by atoms with E-state index in [1.807, 2.05) is 18.2 Å². The Labute approximate surface area is 100 Å². The molecule has 0 unspecified atom stereocenters. The number of benzene rings is 1. The molecule has 15 heavy (non-hydrogen) atoms. The van der Waals surface area contributed by atoms with Crippen LogP contribution < -0.4 is 0 Å². The van der Waals surface area contributed by atoms with Crippen LogP contribution in [0.4, 0.5) is 0 Å². The van der Waals surface area contributed by atoms with Crippen LogP contribution in [-0.2, 0) is 12.3 Å². The van der Waals surface area contributed by atoms with Crippen molar-refractivity contribution in [3.63, 3.8) is 0 Å². The van der Waals surface area contributed by atoms with Crippen molar-refractivity contribution in [2.45, 2.75) is 12.3 Å². The zero-order valence-corrected chi connectivity index (χ0v) is 9.68. The van der Waals surface area contributed by atoms with Crippen LogP contribution in [0.25, 0.3) is 0 Å². The Hall–Kier alpha value is -0.990. The van der Waals surface area contributed by atoms with Gasteiger partial charge in [0.2, 0.25) is 0 Å². The van der Waals surface area contributed by atoms with E-state index in [4.69, 9.17) is 11.6 Å². The molecule has 2 rings (SSSR count). The Morgan fingerprint density at radius 3 is 2.53 bits per heavy atom. The lowest BCUT2D eigenvalue weighted by Crippen LogP contribution is -1.90. The Morgan fingerprint density at radius 1 is 1.20 bits per heavy atom. The van der Waals surface area contributed by atoms with Gasteiger partial charge in [-0.2, -0.15) is 0 Å². The second-order valence-electron chi connectivity index (χ2n) is 3.15. The summed E-state index contributed by atoms with van der Waals surface area (Å²) in [5, 5.41) is 0. The minimum Gasteiger partial charge on any atom is -0.345 e. The van der Waals surface area contributed by atoms with Crippen LogP contribution in [0.1, 0.15) is 17.1 Å². The van der Waals surface area contributed by atoms with Gasteiger partial charge in [0, 0.05) is 18.3 Å². The van der Waals surface area contributed by atoms with Crippen LogP contribution in [0.5, 0.6) is 0 Å². The zero-order valence-electron chi connectivity index (χ0n) is 8.11. The van der Waals surface area contributed by atoms with Gasteiger partial charge in [-0.05, 0) is 5.56 Å². The molecule has 0 bridgehead atoms. The van der Waals surface area contributed by atoms with Crippen molar-refractivity contribution in [3.8, 4) is 0 Å². The third-order valence-corrected chi connectivity index (χ3v) is 2.33. The minimum absolute atomic E-state index is 0. The molecule has 0 fully saturated rings. The molecule has 1 heterocycles. The first-order chi connectivity index (χ1) is 6.88. The first kappa shape index (κ1) is 12.1. The molecular formula is C11H12Cl2N2. The van der Waals surface area contributed by atoms with Crippen LogP contribution in [0.15, 0.2) is 36.5 Å². The van der Waals surface area contributed by atoms with Crippen LogP contribution in [-0.4, -0.2) is 9.97 Å². The van der Waals surface area contributed by atoms with Gasteiger partial charge in [0.1, 0.15) is 5.82 Å². The Balaban J connectivity index is 0.00000112. The molecule has 0 atom stereocenters. The molecule has 2 nitrogen and oxygen atoms in total. The van der Waals surface area contributed by atoms with Crippen molar-refractivity contribution < 1.29 is 0 Å². The molecule has 0 spiro atoms. The standard InChI is InChI=1S/C11H11ClN2.ClH/c12-7-10-8-13-11(14-10)6-9-4-2-1-3-5-9;/h1-5,8H,6-7H2,(H,13,14);1H. The average Bonchev–Trinajstić information content (AvgIpc) is 2.67. The maximum absolute atomic E-state index is 5.67. The molecule has 2 aromatic rings. The van der Waals surface area contributed by atoms with Gasteiger partial charge in [-0.25, -0.2) is 4.98 Å². The highest BCUT2D eigenvalue weighted by molar-refractivity contribution is 6.16. The van der Waals surface area contributed by atoms with Gasteiger partial charge in [-0.1, -0.05) is 30.3 Å². The van der Waals surface area contributed by atoms with Gasteiger partial charge < -0.3 is 4.98 Å². The van der Waals surface area contributed by atoms with Crippen molar-refractivity contribution in [1.29, 1.82) is 0 Å². The molecule has 0 aliphatic rings. The molecule has 0 aliphatic carbocycles. The maximum Gasteiger partial charge on any atom is 0.110 e. The number of hydrogen-bond acceptors (Lipinski definition) is 1. The lowest BCUT2D eigenvalue weighted by atomic mass is 10.1. The van der Waals surface area contributed by atoms with Crippen molar-refractivity contribution in [3.05, 3.63) is 53.6 Å². The molecule has 0 amide bonds. The SMILES string of the molecule is Cl.ClCc1cnc(Cc2ccccc2)[nH]1. The molecule has 80 valence electrons. The van der Waals surface area contributed by atoms with E-state index in [0.29, 0.717) is 5.88 Å². The van der Waals surface area contributed by atoms with Crippen molar-refractivity contribution in [1.82, 2.24) is 9.97 Å². The smallest absolute Gasteiger partial charge is 0.110 e. The summed E-state index contributed by atoms with van der Waals surface area (Å²) >= 11 is 5.67. The maximum atomic E-state index is 5.67. The van der Waals surface area contributed by atoms with Crippen LogP contribution in [0, 0.1) is 0 Å². The largest absolute Gasteiger partial charge is 0.345 e. The lowest BCUT2D eigenvalue weighted by molar-refractivity contribution is 1.01. The third kappa shape index (κ3) is 3.26. The van der Waals surface area contributed by atoms with Crippen LogP contribution in [0.3, 0.4) is 0 Å². The van der Waals surface area contributed by atoms with Crippen LogP contribution >= 0.6 is 24.0 Å². The second kappa shape index (κ2) is 5.79. The second-order valence-corrected chi connectivity index (χ2v) is 3.42. The number of hydrogen-bond donors (Lipinski definition) is 1. The molecule has 0 aliphatic heterocycles. The average molecular weight is 243 g/mol. The van der Waals surface area contributed by atoms with Crippen molar-refractivity contribution >= 4 is 24.0 Å². The number of imidazole rings is 1. The summed E-state index contributed by atoms with van der Waals surface area (Å²) in [6, 6.07) is 10.2. The van der Waals surface area contributed by atoms with E-state index in [2.05, 4.69) is 22.1 Å². The van der Waals surface area contributed by atoms with E-state index in [1.165, 1.54) is 5.56 Å². The first-order valence-corrected chi connectivity index (χ1v) is 5.04. The highest BCUT2D eigenvalue weighted by atomic mass is 35.5. The van der Waals surface area contributed by atoms with Crippen molar-refractivity contribution in [2.24, 2.45) is 0 Å². The number of alkyl halides is 1. The summed E-state index contributed by atoms with van der Waals surface area (Å²) in [6.07, 6.45) is 2.61. The summed E-state index contributed by atoms with van der Waals surface area (Å²) < 4.78 is 0. The fourth-order valence-corrected chi connectivity index (χ4v) is 1.49. The third-order valence-electron chi connectivity index (χ3n) is 2.04. The van der Waals surface area contributed by atoms with Gasteiger partial charge >= 0.3 is 0 Å². The fraction of sp³-hybridized carbons (Fsp3) is 0.182. The molecule has 1 aromatic carbocycles. The van der Waals surface area contributed by atoms with Crippen molar-refractivity contribution in [2.75, 3.05) is 0 Å². The Bertz CT molecular complexity index is 398. The minimum atomic E-state index is 0. The van der Waals surface area contributed by atoms with Gasteiger partial charge in [-0.15, -0.1) is 24.0 Å². The number of rotatable bonds is 3.